The zero-order chi connectivity index (χ0) is 14.4. The van der Waals surface area contributed by atoms with Crippen LogP contribution in [-0.2, 0) is 6.42 Å². The third-order valence-corrected chi connectivity index (χ3v) is 4.06. The first-order valence-corrected chi connectivity index (χ1v) is 7.76. The normalized spacial score (nSPS) is 16.8. The predicted molar refractivity (Wildman–Crippen MR) is 85.3 cm³/mol. The molecule has 0 aliphatic heterocycles. The fourth-order valence-electron chi connectivity index (χ4n) is 2.72. The zero-order valence-electron chi connectivity index (χ0n) is 12.8. The average molecular weight is 273 g/mol. The third-order valence-electron chi connectivity index (χ3n) is 4.06. The van der Waals surface area contributed by atoms with Crippen LogP contribution >= 0.6 is 0 Å². The molecule has 0 atom stereocenters. The number of para-hydroxylation sites is 1. The maximum Gasteiger partial charge on any atom is 0.123 e. The first-order valence-electron chi connectivity index (χ1n) is 7.76. The average Bonchev–Trinajstić information content (AvgIpc) is 2.37. The third kappa shape index (κ3) is 3.86. The molecule has 0 bridgehead atoms. The Hall–Kier alpha value is -1.28. The van der Waals surface area contributed by atoms with Gasteiger partial charge in [-0.05, 0) is 50.3 Å². The van der Waals surface area contributed by atoms with Gasteiger partial charge in [0.1, 0.15) is 11.4 Å². The lowest BCUT2D eigenvalue weighted by molar-refractivity contribution is -0.0151. The molecule has 1 aliphatic rings. The Labute approximate surface area is 123 Å². The molecule has 0 amide bonds. The topological polar surface area (TPSA) is 21.3 Å². The van der Waals surface area contributed by atoms with E-state index >= 15 is 0 Å². The van der Waals surface area contributed by atoms with Crippen molar-refractivity contribution < 1.29 is 4.74 Å². The lowest BCUT2D eigenvalue weighted by Gasteiger charge is -2.42. The summed E-state index contributed by atoms with van der Waals surface area (Å²) in [5.41, 5.74) is 1.30. The van der Waals surface area contributed by atoms with Crippen LogP contribution in [0.5, 0.6) is 5.75 Å². The van der Waals surface area contributed by atoms with Gasteiger partial charge < -0.3 is 10.1 Å². The number of hydrogen-bond acceptors (Lipinski definition) is 2. The number of benzene rings is 1. The van der Waals surface area contributed by atoms with E-state index in [2.05, 4.69) is 50.0 Å². The van der Waals surface area contributed by atoms with Crippen molar-refractivity contribution >= 4 is 0 Å². The second kappa shape index (κ2) is 6.94. The summed E-state index contributed by atoms with van der Waals surface area (Å²) in [4.78, 5) is 0. The summed E-state index contributed by atoms with van der Waals surface area (Å²) in [5.74, 6) is 1.04. The van der Waals surface area contributed by atoms with Crippen LogP contribution in [0.25, 0.3) is 0 Å². The van der Waals surface area contributed by atoms with Crippen molar-refractivity contribution in [3.63, 3.8) is 0 Å². The molecule has 0 spiro atoms. The Morgan fingerprint density at radius 2 is 2.10 bits per heavy atom. The Balaban J connectivity index is 2.00. The van der Waals surface area contributed by atoms with Crippen molar-refractivity contribution in [2.45, 2.75) is 57.6 Å². The summed E-state index contributed by atoms with van der Waals surface area (Å²) in [6.45, 7) is 9.24. The molecule has 0 aromatic heterocycles. The molecule has 1 fully saturated rings. The number of hydrogen-bond donors (Lipinski definition) is 1. The number of allylic oxidation sites excluding steroid dienone is 1. The van der Waals surface area contributed by atoms with Crippen LogP contribution in [-0.4, -0.2) is 18.2 Å². The largest absolute Gasteiger partial charge is 0.487 e. The fourth-order valence-corrected chi connectivity index (χ4v) is 2.72. The van der Waals surface area contributed by atoms with Gasteiger partial charge in [-0.25, -0.2) is 0 Å². The van der Waals surface area contributed by atoms with E-state index in [4.69, 9.17) is 4.74 Å². The van der Waals surface area contributed by atoms with Gasteiger partial charge in [0.2, 0.25) is 0 Å². The Bertz CT molecular complexity index is 435. The highest BCUT2D eigenvalue weighted by Crippen LogP contribution is 2.40. The first-order chi connectivity index (χ1) is 9.65. The van der Waals surface area contributed by atoms with Gasteiger partial charge in [-0.3, -0.25) is 0 Å². The van der Waals surface area contributed by atoms with Gasteiger partial charge in [0.25, 0.3) is 0 Å². The van der Waals surface area contributed by atoms with Crippen molar-refractivity contribution in [3.05, 3.63) is 42.5 Å². The van der Waals surface area contributed by atoms with Crippen LogP contribution in [0, 0.1) is 0 Å². The Kier molecular flexibility index (Phi) is 5.24. The molecule has 2 heteroatoms. The van der Waals surface area contributed by atoms with Crippen LogP contribution in [0.2, 0.25) is 0 Å². The van der Waals surface area contributed by atoms with Gasteiger partial charge in [0, 0.05) is 6.04 Å². The smallest absolute Gasteiger partial charge is 0.123 e. The van der Waals surface area contributed by atoms with E-state index < -0.39 is 0 Å². The minimum absolute atomic E-state index is 0.0547. The van der Waals surface area contributed by atoms with Crippen molar-refractivity contribution in [1.29, 1.82) is 0 Å². The van der Waals surface area contributed by atoms with Gasteiger partial charge in [-0.1, -0.05) is 38.1 Å². The second-order valence-electron chi connectivity index (χ2n) is 6.10. The zero-order valence-corrected chi connectivity index (χ0v) is 12.8. The lowest BCUT2D eigenvalue weighted by atomic mass is 9.77. The molecular formula is C18H27NO. The molecule has 0 saturated heterocycles. The van der Waals surface area contributed by atoms with Crippen LogP contribution in [0.1, 0.15) is 45.1 Å². The Morgan fingerprint density at radius 1 is 1.35 bits per heavy atom. The number of rotatable bonds is 8. The van der Waals surface area contributed by atoms with Crippen molar-refractivity contribution in [3.8, 4) is 5.75 Å². The van der Waals surface area contributed by atoms with Crippen LogP contribution < -0.4 is 10.1 Å². The summed E-state index contributed by atoms with van der Waals surface area (Å²) >= 11 is 0. The molecule has 2 rings (SSSR count). The van der Waals surface area contributed by atoms with E-state index in [1.807, 2.05) is 6.08 Å². The van der Waals surface area contributed by atoms with Gasteiger partial charge in [0.15, 0.2) is 0 Å². The molecule has 0 radical (unpaired) electrons. The van der Waals surface area contributed by atoms with E-state index in [9.17, 15) is 0 Å². The molecule has 2 nitrogen and oxygen atoms in total. The molecular weight excluding hydrogens is 246 g/mol. The second-order valence-corrected chi connectivity index (χ2v) is 6.10. The standard InChI is InChI=1S/C18H27NO/c1-4-8-16-9-5-6-10-17(16)20-18(11-7-12-18)13-14-19-15(2)3/h4-6,9-10,15,19H,1,7-8,11-14H2,2-3H3. The van der Waals surface area contributed by atoms with Gasteiger partial charge >= 0.3 is 0 Å². The summed E-state index contributed by atoms with van der Waals surface area (Å²) in [6, 6.07) is 8.89. The highest BCUT2D eigenvalue weighted by Gasteiger charge is 2.39. The molecule has 1 aromatic carbocycles. The van der Waals surface area contributed by atoms with E-state index in [-0.39, 0.29) is 5.60 Å². The molecule has 1 N–H and O–H groups in total. The summed E-state index contributed by atoms with van der Waals surface area (Å²) in [5, 5.41) is 3.50. The van der Waals surface area contributed by atoms with Crippen LogP contribution in [0.3, 0.4) is 0 Å². The number of ether oxygens (including phenoxy) is 1. The van der Waals surface area contributed by atoms with Crippen molar-refractivity contribution in [2.75, 3.05) is 6.54 Å². The minimum Gasteiger partial charge on any atom is -0.487 e. The predicted octanol–water partition coefficient (Wildman–Crippen LogP) is 4.10. The molecule has 1 aliphatic carbocycles. The van der Waals surface area contributed by atoms with Crippen LogP contribution in [0.15, 0.2) is 36.9 Å². The fraction of sp³-hybridized carbons (Fsp3) is 0.556. The summed E-state index contributed by atoms with van der Waals surface area (Å²) < 4.78 is 6.42. The maximum atomic E-state index is 6.42. The molecule has 110 valence electrons. The monoisotopic (exact) mass is 273 g/mol. The van der Waals surface area contributed by atoms with Gasteiger partial charge in [-0.2, -0.15) is 0 Å². The molecule has 0 unspecified atom stereocenters. The molecule has 1 aromatic rings. The minimum atomic E-state index is 0.0547. The first kappa shape index (κ1) is 15.1. The van der Waals surface area contributed by atoms with Crippen molar-refractivity contribution in [1.82, 2.24) is 5.32 Å². The van der Waals surface area contributed by atoms with E-state index in [1.54, 1.807) is 0 Å². The SMILES string of the molecule is C=CCc1ccccc1OC1(CCNC(C)C)CCC1. The molecule has 20 heavy (non-hydrogen) atoms. The number of nitrogens with one attached hydrogen (secondary N) is 1. The molecule has 0 heterocycles. The lowest BCUT2D eigenvalue weighted by Crippen LogP contribution is -2.46. The van der Waals surface area contributed by atoms with Gasteiger partial charge in [-0.15, -0.1) is 6.58 Å². The van der Waals surface area contributed by atoms with E-state index in [1.165, 1.54) is 24.8 Å². The summed E-state index contributed by atoms with van der Waals surface area (Å²) in [7, 11) is 0. The Morgan fingerprint density at radius 3 is 2.70 bits per heavy atom. The van der Waals surface area contributed by atoms with E-state index in [0.29, 0.717) is 6.04 Å². The highest BCUT2D eigenvalue weighted by atomic mass is 16.5. The van der Waals surface area contributed by atoms with E-state index in [0.717, 1.165) is 25.1 Å². The highest BCUT2D eigenvalue weighted by molar-refractivity contribution is 5.35. The van der Waals surface area contributed by atoms with Crippen LogP contribution in [0.4, 0.5) is 0 Å². The quantitative estimate of drug-likeness (QED) is 0.720. The maximum absolute atomic E-state index is 6.42. The van der Waals surface area contributed by atoms with Crippen molar-refractivity contribution in [2.24, 2.45) is 0 Å². The van der Waals surface area contributed by atoms with Gasteiger partial charge in [0.05, 0.1) is 0 Å². The summed E-state index contributed by atoms with van der Waals surface area (Å²) in [6.07, 6.45) is 7.54. The molecule has 1 saturated carbocycles.